The van der Waals surface area contributed by atoms with Gasteiger partial charge in [-0.1, -0.05) is 0 Å². The Balaban J connectivity index is 4.92. The standard InChI is InChI=1S/C16H29N3O5/c1-12(20)11-16(13(21)22,7-5-6-9-18-10-8-17)19-14(23)24-15(2,3)4/h8,17-18H,5-7,9-11H2,1-4H3,(H,19,23)(H,21,22). The van der Waals surface area contributed by atoms with Gasteiger partial charge in [-0.05, 0) is 53.5 Å². The molecule has 0 heterocycles. The molecule has 1 atom stereocenters. The smallest absolute Gasteiger partial charge is 0.408 e. The highest BCUT2D eigenvalue weighted by molar-refractivity contribution is 5.90. The monoisotopic (exact) mass is 343 g/mol. The maximum Gasteiger partial charge on any atom is 0.408 e. The first kappa shape index (κ1) is 22.0. The van der Waals surface area contributed by atoms with Crippen molar-refractivity contribution >= 4 is 24.1 Å². The first-order chi connectivity index (χ1) is 11.0. The molecule has 0 aromatic rings. The van der Waals surface area contributed by atoms with Crippen LogP contribution in [0.5, 0.6) is 0 Å². The summed E-state index contributed by atoms with van der Waals surface area (Å²) in [4.78, 5) is 35.3. The van der Waals surface area contributed by atoms with Crippen molar-refractivity contribution in [3.63, 3.8) is 0 Å². The molecule has 0 saturated carbocycles. The van der Waals surface area contributed by atoms with Gasteiger partial charge in [0, 0.05) is 19.2 Å². The first-order valence-corrected chi connectivity index (χ1v) is 7.96. The minimum absolute atomic E-state index is 0.118. The van der Waals surface area contributed by atoms with Crippen molar-refractivity contribution in [1.29, 1.82) is 5.41 Å². The van der Waals surface area contributed by atoms with Crippen molar-refractivity contribution in [3.05, 3.63) is 0 Å². The zero-order valence-corrected chi connectivity index (χ0v) is 14.9. The molecular weight excluding hydrogens is 314 g/mol. The minimum Gasteiger partial charge on any atom is -0.479 e. The van der Waals surface area contributed by atoms with Crippen LogP contribution >= 0.6 is 0 Å². The number of carbonyl (C=O) groups is 3. The summed E-state index contributed by atoms with van der Waals surface area (Å²) in [5.74, 6) is -1.58. The van der Waals surface area contributed by atoms with Crippen LogP contribution < -0.4 is 10.6 Å². The Hall–Kier alpha value is -1.96. The number of ketones is 1. The van der Waals surface area contributed by atoms with Crippen LogP contribution in [0.1, 0.15) is 53.4 Å². The van der Waals surface area contributed by atoms with Crippen molar-refractivity contribution in [2.24, 2.45) is 0 Å². The van der Waals surface area contributed by atoms with Crippen LogP contribution in [0.2, 0.25) is 0 Å². The summed E-state index contributed by atoms with van der Waals surface area (Å²) in [6.45, 7) is 7.39. The molecule has 1 amide bonds. The predicted molar refractivity (Wildman–Crippen MR) is 90.5 cm³/mol. The summed E-state index contributed by atoms with van der Waals surface area (Å²) in [5.41, 5.74) is -2.43. The highest BCUT2D eigenvalue weighted by Gasteiger charge is 2.41. The third kappa shape index (κ3) is 9.24. The maximum absolute atomic E-state index is 12.0. The molecule has 0 saturated heterocycles. The summed E-state index contributed by atoms with van der Waals surface area (Å²) >= 11 is 0. The number of unbranched alkanes of at least 4 members (excludes halogenated alkanes) is 1. The van der Waals surface area contributed by atoms with Gasteiger partial charge in [-0.15, -0.1) is 0 Å². The number of hydrogen-bond acceptors (Lipinski definition) is 6. The second-order valence-corrected chi connectivity index (χ2v) is 6.76. The van der Waals surface area contributed by atoms with E-state index in [0.29, 0.717) is 25.9 Å². The molecule has 0 radical (unpaired) electrons. The fraction of sp³-hybridized carbons (Fsp3) is 0.750. The molecule has 0 spiro atoms. The number of carboxylic acid groups (broad SMARTS) is 1. The van der Waals surface area contributed by atoms with Crippen molar-refractivity contribution in [2.45, 2.75) is 64.5 Å². The molecule has 1 unspecified atom stereocenters. The first-order valence-electron chi connectivity index (χ1n) is 7.96. The molecule has 138 valence electrons. The van der Waals surface area contributed by atoms with Crippen LogP contribution in [0.25, 0.3) is 0 Å². The average Bonchev–Trinajstić information content (AvgIpc) is 2.39. The normalized spacial score (nSPS) is 13.7. The molecule has 0 aromatic carbocycles. The molecule has 8 heteroatoms. The van der Waals surface area contributed by atoms with Gasteiger partial charge in [0.1, 0.15) is 16.9 Å². The second-order valence-electron chi connectivity index (χ2n) is 6.76. The Labute approximate surface area is 142 Å². The molecule has 4 N–H and O–H groups in total. The van der Waals surface area contributed by atoms with E-state index in [2.05, 4.69) is 10.6 Å². The Bertz CT molecular complexity index is 459. The molecule has 0 aliphatic heterocycles. The third-order valence-electron chi connectivity index (χ3n) is 3.15. The zero-order valence-electron chi connectivity index (χ0n) is 14.9. The van der Waals surface area contributed by atoms with E-state index >= 15 is 0 Å². The van der Waals surface area contributed by atoms with Gasteiger partial charge >= 0.3 is 12.1 Å². The quantitative estimate of drug-likeness (QED) is 0.334. The van der Waals surface area contributed by atoms with E-state index in [4.69, 9.17) is 10.1 Å². The number of Topliss-reactive ketones (excluding diaryl/α,β-unsaturated/α-hetero) is 1. The fourth-order valence-corrected chi connectivity index (χ4v) is 2.21. The lowest BCUT2D eigenvalue weighted by molar-refractivity contribution is -0.147. The molecule has 0 bridgehead atoms. The zero-order chi connectivity index (χ0) is 18.8. The number of hydrogen-bond donors (Lipinski definition) is 4. The molecule has 24 heavy (non-hydrogen) atoms. The lowest BCUT2D eigenvalue weighted by Crippen LogP contribution is -2.56. The second kappa shape index (κ2) is 10.0. The van der Waals surface area contributed by atoms with Crippen LogP contribution in [0.4, 0.5) is 4.79 Å². The average molecular weight is 343 g/mol. The minimum atomic E-state index is -1.67. The number of carbonyl (C=O) groups excluding carboxylic acids is 2. The van der Waals surface area contributed by atoms with E-state index in [-0.39, 0.29) is 18.6 Å². The fourth-order valence-electron chi connectivity index (χ4n) is 2.21. The van der Waals surface area contributed by atoms with Crippen molar-refractivity contribution in [1.82, 2.24) is 10.6 Å². The number of amides is 1. The van der Waals surface area contributed by atoms with E-state index in [9.17, 15) is 19.5 Å². The summed E-state index contributed by atoms with van der Waals surface area (Å²) in [6, 6.07) is 0. The van der Waals surface area contributed by atoms with Gasteiger partial charge in [-0.3, -0.25) is 4.79 Å². The van der Waals surface area contributed by atoms with E-state index in [0.717, 1.165) is 0 Å². The molecule has 8 nitrogen and oxygen atoms in total. The van der Waals surface area contributed by atoms with Gasteiger partial charge in [-0.2, -0.15) is 0 Å². The summed E-state index contributed by atoms with van der Waals surface area (Å²) in [6.07, 6.45) is 1.37. The number of ether oxygens (including phenoxy) is 1. The highest BCUT2D eigenvalue weighted by atomic mass is 16.6. The van der Waals surface area contributed by atoms with Crippen LogP contribution in [0, 0.1) is 5.41 Å². The molecule has 0 rings (SSSR count). The van der Waals surface area contributed by atoms with Crippen LogP contribution in [-0.2, 0) is 14.3 Å². The molecular formula is C16H29N3O5. The van der Waals surface area contributed by atoms with E-state index in [1.165, 1.54) is 13.1 Å². The van der Waals surface area contributed by atoms with E-state index in [1.807, 2.05) is 0 Å². The van der Waals surface area contributed by atoms with E-state index < -0.39 is 23.2 Å². The SMILES string of the molecule is CC(=O)CC(CCCCNCC=N)(NC(=O)OC(C)(C)C)C(=O)O. The molecule has 0 aliphatic rings. The van der Waals surface area contributed by atoms with Gasteiger partial charge in [0.2, 0.25) is 0 Å². The highest BCUT2D eigenvalue weighted by Crippen LogP contribution is 2.21. The van der Waals surface area contributed by atoms with Gasteiger partial charge in [0.25, 0.3) is 0 Å². The number of rotatable bonds is 11. The lowest BCUT2D eigenvalue weighted by atomic mass is 9.87. The van der Waals surface area contributed by atoms with Gasteiger partial charge in [0.15, 0.2) is 0 Å². The Morgan fingerprint density at radius 2 is 1.83 bits per heavy atom. The van der Waals surface area contributed by atoms with E-state index in [1.54, 1.807) is 20.8 Å². The number of nitrogens with one attached hydrogen (secondary N) is 3. The van der Waals surface area contributed by atoms with Crippen LogP contribution in [0.3, 0.4) is 0 Å². The summed E-state index contributed by atoms with van der Waals surface area (Å²) in [7, 11) is 0. The van der Waals surface area contributed by atoms with Gasteiger partial charge in [0.05, 0.1) is 0 Å². The third-order valence-corrected chi connectivity index (χ3v) is 3.15. The topological polar surface area (TPSA) is 129 Å². The van der Waals surface area contributed by atoms with Crippen molar-refractivity contribution in [2.75, 3.05) is 13.1 Å². The van der Waals surface area contributed by atoms with Crippen LogP contribution in [0.15, 0.2) is 0 Å². The van der Waals surface area contributed by atoms with Crippen molar-refractivity contribution < 1.29 is 24.2 Å². The van der Waals surface area contributed by atoms with Crippen molar-refractivity contribution in [3.8, 4) is 0 Å². The lowest BCUT2D eigenvalue weighted by Gasteiger charge is -2.31. The maximum atomic E-state index is 12.0. The number of alkyl carbamates (subject to hydrolysis) is 1. The summed E-state index contributed by atoms with van der Waals surface area (Å²) < 4.78 is 5.12. The molecule has 0 aliphatic carbocycles. The number of aliphatic carboxylic acids is 1. The summed E-state index contributed by atoms with van der Waals surface area (Å²) in [5, 5.41) is 21.9. The number of carboxylic acids is 1. The Kier molecular flexibility index (Phi) is 9.20. The van der Waals surface area contributed by atoms with Gasteiger partial charge in [-0.25, -0.2) is 9.59 Å². The van der Waals surface area contributed by atoms with Crippen LogP contribution in [-0.4, -0.2) is 53.4 Å². The molecule has 0 aromatic heterocycles. The molecule has 0 fully saturated rings. The largest absolute Gasteiger partial charge is 0.479 e. The Morgan fingerprint density at radius 3 is 2.29 bits per heavy atom. The van der Waals surface area contributed by atoms with Gasteiger partial charge < -0.3 is 25.9 Å². The Morgan fingerprint density at radius 1 is 1.21 bits per heavy atom. The predicted octanol–water partition coefficient (Wildman–Crippen LogP) is 1.72.